The fourth-order valence-electron chi connectivity index (χ4n) is 3.32. The molecule has 0 fully saturated rings. The third-order valence-electron chi connectivity index (χ3n) is 5.37. The maximum atomic E-state index is 13.3. The molecule has 0 aliphatic rings. The number of urea groups is 1. The zero-order chi connectivity index (χ0) is 23.0. The summed E-state index contributed by atoms with van der Waals surface area (Å²) < 4.78 is 2.03. The molecular weight excluding hydrogens is 408 g/mol. The number of benzene rings is 1. The fourth-order valence-corrected chi connectivity index (χ4v) is 3.72. The van der Waals surface area contributed by atoms with Crippen LogP contribution in [-0.2, 0) is 18.4 Å². The third kappa shape index (κ3) is 7.35. The number of carbonyl (C=O) groups is 2. The number of aryl methyl sites for hydroxylation is 1. The zero-order valence-electron chi connectivity index (χ0n) is 19.6. The highest BCUT2D eigenvalue weighted by molar-refractivity contribution is 7.98. The van der Waals surface area contributed by atoms with Gasteiger partial charge in [0.2, 0.25) is 5.91 Å². The van der Waals surface area contributed by atoms with Crippen LogP contribution in [0.1, 0.15) is 39.8 Å². The van der Waals surface area contributed by atoms with Crippen LogP contribution in [0.5, 0.6) is 0 Å². The first-order valence-electron chi connectivity index (χ1n) is 10.8. The summed E-state index contributed by atoms with van der Waals surface area (Å²) in [5, 5.41) is 2.95. The van der Waals surface area contributed by atoms with E-state index < -0.39 is 0 Å². The quantitative estimate of drug-likeness (QED) is 0.521. The number of hydrogen-bond donors (Lipinski definition) is 1. The van der Waals surface area contributed by atoms with Gasteiger partial charge in [-0.1, -0.05) is 20.8 Å². The highest BCUT2D eigenvalue weighted by Crippen LogP contribution is 2.18. The average molecular weight is 445 g/mol. The Morgan fingerprint density at radius 2 is 1.81 bits per heavy atom. The number of amides is 3. The molecule has 6 nitrogen and oxygen atoms in total. The van der Waals surface area contributed by atoms with Crippen LogP contribution < -0.4 is 5.32 Å². The molecular formula is C24H36N4O2S. The maximum Gasteiger partial charge on any atom is 0.322 e. The Hall–Kier alpha value is -2.41. The van der Waals surface area contributed by atoms with Gasteiger partial charge in [0.05, 0.1) is 6.54 Å². The predicted octanol–water partition coefficient (Wildman–Crippen LogP) is 5.06. The Kier molecular flexibility index (Phi) is 9.49. The molecule has 1 aromatic carbocycles. The monoisotopic (exact) mass is 444 g/mol. The van der Waals surface area contributed by atoms with Gasteiger partial charge in [0.1, 0.15) is 6.54 Å². The lowest BCUT2D eigenvalue weighted by molar-refractivity contribution is -0.133. The van der Waals surface area contributed by atoms with Crippen molar-refractivity contribution < 1.29 is 9.59 Å². The average Bonchev–Trinajstić information content (AvgIpc) is 3.15. The molecule has 2 aromatic rings. The van der Waals surface area contributed by atoms with E-state index in [0.717, 1.165) is 22.7 Å². The van der Waals surface area contributed by atoms with E-state index in [2.05, 4.69) is 19.2 Å². The van der Waals surface area contributed by atoms with Gasteiger partial charge in [0, 0.05) is 42.1 Å². The Bertz CT molecular complexity index is 848. The summed E-state index contributed by atoms with van der Waals surface area (Å²) in [7, 11) is 1.98. The summed E-state index contributed by atoms with van der Waals surface area (Å²) in [4.78, 5) is 31.0. The minimum absolute atomic E-state index is 0.0388. The van der Waals surface area contributed by atoms with E-state index in [1.807, 2.05) is 79.2 Å². The van der Waals surface area contributed by atoms with E-state index >= 15 is 0 Å². The predicted molar refractivity (Wildman–Crippen MR) is 129 cm³/mol. The molecule has 0 saturated heterocycles. The van der Waals surface area contributed by atoms with Gasteiger partial charge in [-0.3, -0.25) is 4.79 Å². The standard InChI is InChI=1S/C24H36N4O2S/c1-7-19(4)28(24(30)25-20-10-12-22(31-6)13-11-20)17-23(29)27(15-18(2)3)16-21-9-8-14-26(21)5/h8-14,18-19H,7,15-17H2,1-6H3,(H,25,30). The van der Waals surface area contributed by atoms with Crippen LogP contribution in [-0.4, -0.2) is 51.7 Å². The Morgan fingerprint density at radius 1 is 1.13 bits per heavy atom. The zero-order valence-corrected chi connectivity index (χ0v) is 20.4. The molecule has 31 heavy (non-hydrogen) atoms. The van der Waals surface area contributed by atoms with Gasteiger partial charge in [0.25, 0.3) is 0 Å². The summed E-state index contributed by atoms with van der Waals surface area (Å²) >= 11 is 1.65. The van der Waals surface area contributed by atoms with E-state index in [9.17, 15) is 9.59 Å². The van der Waals surface area contributed by atoms with Crippen molar-refractivity contribution in [2.24, 2.45) is 13.0 Å². The van der Waals surface area contributed by atoms with Gasteiger partial charge in [-0.2, -0.15) is 0 Å². The van der Waals surface area contributed by atoms with Crippen molar-refractivity contribution in [1.82, 2.24) is 14.4 Å². The first-order valence-corrected chi connectivity index (χ1v) is 12.1. The number of nitrogens with one attached hydrogen (secondary N) is 1. The molecule has 0 bridgehead atoms. The smallest absolute Gasteiger partial charge is 0.322 e. The topological polar surface area (TPSA) is 57.6 Å². The van der Waals surface area contributed by atoms with Crippen LogP contribution in [0.4, 0.5) is 10.5 Å². The molecule has 0 spiro atoms. The van der Waals surface area contributed by atoms with Gasteiger partial charge in [-0.15, -0.1) is 11.8 Å². The molecule has 170 valence electrons. The minimum atomic E-state index is -0.247. The van der Waals surface area contributed by atoms with Crippen LogP contribution in [0, 0.1) is 5.92 Å². The van der Waals surface area contributed by atoms with Crippen molar-refractivity contribution in [3.63, 3.8) is 0 Å². The van der Waals surface area contributed by atoms with Crippen LogP contribution >= 0.6 is 11.8 Å². The number of thioether (sulfide) groups is 1. The van der Waals surface area contributed by atoms with Gasteiger partial charge < -0.3 is 19.7 Å². The molecule has 1 atom stereocenters. The molecule has 2 rings (SSSR count). The molecule has 1 unspecified atom stereocenters. The maximum absolute atomic E-state index is 13.3. The van der Waals surface area contributed by atoms with Gasteiger partial charge in [-0.05, 0) is 61.9 Å². The highest BCUT2D eigenvalue weighted by atomic mass is 32.2. The summed E-state index contributed by atoms with van der Waals surface area (Å²) in [6.45, 7) is 9.45. The second-order valence-corrected chi connectivity index (χ2v) is 9.20. The summed E-state index contributed by atoms with van der Waals surface area (Å²) in [6.07, 6.45) is 4.77. The van der Waals surface area contributed by atoms with Gasteiger partial charge in [0.15, 0.2) is 0 Å². The SMILES string of the molecule is CCC(C)N(CC(=O)N(Cc1cccn1C)CC(C)C)C(=O)Nc1ccc(SC)cc1. The van der Waals surface area contributed by atoms with Crippen molar-refractivity contribution >= 4 is 29.4 Å². The summed E-state index contributed by atoms with van der Waals surface area (Å²) in [5.74, 6) is 0.299. The third-order valence-corrected chi connectivity index (χ3v) is 6.12. The van der Waals surface area contributed by atoms with Gasteiger partial charge in [-0.25, -0.2) is 4.79 Å². The molecule has 0 aliphatic carbocycles. The Balaban J connectivity index is 2.14. The van der Waals surface area contributed by atoms with Crippen molar-refractivity contribution in [2.75, 3.05) is 24.7 Å². The van der Waals surface area contributed by atoms with E-state index in [0.29, 0.717) is 19.0 Å². The van der Waals surface area contributed by atoms with E-state index in [-0.39, 0.29) is 24.5 Å². The first-order chi connectivity index (χ1) is 14.7. The summed E-state index contributed by atoms with van der Waals surface area (Å²) in [6, 6.07) is 11.4. The van der Waals surface area contributed by atoms with Crippen molar-refractivity contribution in [3.05, 3.63) is 48.3 Å². The van der Waals surface area contributed by atoms with Crippen LogP contribution in [0.2, 0.25) is 0 Å². The van der Waals surface area contributed by atoms with Crippen molar-refractivity contribution in [2.45, 2.75) is 51.6 Å². The molecule has 1 aromatic heterocycles. The molecule has 3 amide bonds. The fraction of sp³-hybridized carbons (Fsp3) is 0.500. The number of aromatic nitrogens is 1. The molecule has 0 radical (unpaired) electrons. The lowest BCUT2D eigenvalue weighted by atomic mass is 10.2. The number of hydrogen-bond acceptors (Lipinski definition) is 3. The van der Waals surface area contributed by atoms with E-state index in [4.69, 9.17) is 0 Å². The molecule has 0 aliphatic heterocycles. The minimum Gasteiger partial charge on any atom is -0.353 e. The largest absolute Gasteiger partial charge is 0.353 e. The second kappa shape index (κ2) is 11.8. The number of rotatable bonds is 10. The number of nitrogens with zero attached hydrogens (tertiary/aromatic N) is 3. The molecule has 7 heteroatoms. The lowest BCUT2D eigenvalue weighted by Gasteiger charge is -2.32. The Labute approximate surface area is 191 Å². The van der Waals surface area contributed by atoms with Gasteiger partial charge >= 0.3 is 6.03 Å². The summed E-state index contributed by atoms with van der Waals surface area (Å²) in [5.41, 5.74) is 1.80. The molecule has 1 heterocycles. The first kappa shape index (κ1) is 24.9. The van der Waals surface area contributed by atoms with Crippen LogP contribution in [0.25, 0.3) is 0 Å². The lowest BCUT2D eigenvalue weighted by Crippen LogP contribution is -2.48. The second-order valence-electron chi connectivity index (χ2n) is 8.32. The van der Waals surface area contributed by atoms with Crippen LogP contribution in [0.15, 0.2) is 47.5 Å². The van der Waals surface area contributed by atoms with Crippen molar-refractivity contribution in [1.29, 1.82) is 0 Å². The van der Waals surface area contributed by atoms with Crippen molar-refractivity contribution in [3.8, 4) is 0 Å². The molecule has 1 N–H and O–H groups in total. The van der Waals surface area contributed by atoms with E-state index in [1.165, 1.54) is 0 Å². The van der Waals surface area contributed by atoms with Crippen LogP contribution in [0.3, 0.4) is 0 Å². The number of carbonyl (C=O) groups excluding carboxylic acids is 2. The highest BCUT2D eigenvalue weighted by Gasteiger charge is 2.25. The number of anilines is 1. The van der Waals surface area contributed by atoms with E-state index in [1.54, 1.807) is 16.7 Å². The molecule has 0 saturated carbocycles. The Morgan fingerprint density at radius 3 is 2.32 bits per heavy atom. The normalized spacial score (nSPS) is 12.0.